The minimum atomic E-state index is -1.15. The molecule has 0 heterocycles. The van der Waals surface area contributed by atoms with Crippen LogP contribution in [0.3, 0.4) is 0 Å². The third-order valence-electron chi connectivity index (χ3n) is 1.79. The smallest absolute Gasteiger partial charge is 0.335 e. The third-order valence-corrected chi connectivity index (χ3v) is 1.79. The van der Waals surface area contributed by atoms with Gasteiger partial charge in [-0.1, -0.05) is 0 Å². The molecule has 1 rings (SSSR count). The Morgan fingerprint density at radius 3 is 2.35 bits per heavy atom. The van der Waals surface area contributed by atoms with E-state index in [2.05, 4.69) is 5.32 Å². The predicted octanol–water partition coefficient (Wildman–Crippen LogP) is 1.27. The summed E-state index contributed by atoms with van der Waals surface area (Å²) in [7, 11) is 0. The molecule has 0 spiro atoms. The van der Waals surface area contributed by atoms with Crippen molar-refractivity contribution in [3.63, 3.8) is 0 Å². The van der Waals surface area contributed by atoms with Crippen LogP contribution in [0.4, 0.5) is 5.69 Å². The summed E-state index contributed by atoms with van der Waals surface area (Å²) < 4.78 is 4.82. The summed E-state index contributed by atoms with van der Waals surface area (Å²) in [5, 5.41) is 11.2. The molecule has 0 saturated heterocycles. The first-order chi connectivity index (χ1) is 7.90. The molecule has 1 amide bonds. The molecule has 0 radical (unpaired) electrons. The van der Waals surface area contributed by atoms with E-state index in [1.54, 1.807) is 0 Å². The van der Waals surface area contributed by atoms with E-state index < -0.39 is 11.9 Å². The van der Waals surface area contributed by atoms with E-state index in [1.165, 1.54) is 32.0 Å². The molecule has 1 aromatic rings. The van der Waals surface area contributed by atoms with Crippen molar-refractivity contribution in [1.82, 2.24) is 0 Å². The zero-order valence-corrected chi connectivity index (χ0v) is 9.31. The van der Waals surface area contributed by atoms with Crippen molar-refractivity contribution in [2.24, 2.45) is 0 Å². The number of benzene rings is 1. The molecule has 0 aliphatic carbocycles. The second-order valence-electron chi connectivity index (χ2n) is 3.29. The lowest BCUT2D eigenvalue weighted by Gasteiger charge is -2.09. The number of nitrogens with one attached hydrogen (secondary N) is 1. The molecule has 2 N–H and O–H groups in total. The van der Waals surface area contributed by atoms with Gasteiger partial charge < -0.3 is 15.2 Å². The van der Waals surface area contributed by atoms with E-state index in [-0.39, 0.29) is 22.9 Å². The van der Waals surface area contributed by atoms with Gasteiger partial charge in [0.1, 0.15) is 0 Å². The number of amides is 1. The summed E-state index contributed by atoms with van der Waals surface area (Å²) >= 11 is 0. The molecule has 0 bridgehead atoms. The van der Waals surface area contributed by atoms with Gasteiger partial charge in [0.25, 0.3) is 0 Å². The number of hydrogen-bond donors (Lipinski definition) is 2. The molecule has 0 aliphatic rings. The summed E-state index contributed by atoms with van der Waals surface area (Å²) in [5.41, 5.74) is 0.216. The van der Waals surface area contributed by atoms with Crippen molar-refractivity contribution in [3.05, 3.63) is 23.8 Å². The van der Waals surface area contributed by atoms with Gasteiger partial charge in [-0.15, -0.1) is 0 Å². The average Bonchev–Trinajstić information content (AvgIpc) is 2.18. The van der Waals surface area contributed by atoms with Gasteiger partial charge in [0, 0.05) is 13.8 Å². The molecule has 0 aliphatic heterocycles. The molecule has 1 aromatic carbocycles. The molecule has 0 fully saturated rings. The Bertz CT molecular complexity index is 481. The molecule has 0 saturated carbocycles. The van der Waals surface area contributed by atoms with Crippen molar-refractivity contribution in [2.45, 2.75) is 13.8 Å². The first-order valence-electron chi connectivity index (χ1n) is 4.73. The van der Waals surface area contributed by atoms with Crippen LogP contribution in [-0.2, 0) is 9.59 Å². The molecule has 6 nitrogen and oxygen atoms in total. The number of carbonyl (C=O) groups is 3. The van der Waals surface area contributed by atoms with Crippen LogP contribution in [-0.4, -0.2) is 23.0 Å². The van der Waals surface area contributed by atoms with Crippen LogP contribution in [0.1, 0.15) is 24.2 Å². The number of esters is 1. The predicted molar refractivity (Wildman–Crippen MR) is 59.0 cm³/mol. The molecular weight excluding hydrogens is 226 g/mol. The number of carbonyl (C=O) groups excluding carboxylic acids is 2. The zero-order valence-electron chi connectivity index (χ0n) is 9.31. The lowest BCUT2D eigenvalue weighted by Crippen LogP contribution is -2.11. The number of rotatable bonds is 3. The van der Waals surface area contributed by atoms with Crippen LogP contribution in [0.2, 0.25) is 0 Å². The Kier molecular flexibility index (Phi) is 3.82. The van der Waals surface area contributed by atoms with Gasteiger partial charge in [-0.25, -0.2) is 4.79 Å². The van der Waals surface area contributed by atoms with Crippen LogP contribution < -0.4 is 10.1 Å². The summed E-state index contributed by atoms with van der Waals surface area (Å²) in [5.74, 6) is -2.08. The minimum absolute atomic E-state index is 0.00704. The van der Waals surface area contributed by atoms with E-state index >= 15 is 0 Å². The first-order valence-corrected chi connectivity index (χ1v) is 4.73. The first kappa shape index (κ1) is 12.7. The number of carboxylic acids is 1. The van der Waals surface area contributed by atoms with Crippen molar-refractivity contribution < 1.29 is 24.2 Å². The highest BCUT2D eigenvalue weighted by atomic mass is 16.5. The second-order valence-corrected chi connectivity index (χ2v) is 3.29. The third kappa shape index (κ3) is 3.60. The number of aromatic carboxylic acids is 1. The molecular formula is C11H11NO5. The topological polar surface area (TPSA) is 92.7 Å². The van der Waals surface area contributed by atoms with Gasteiger partial charge in [-0.05, 0) is 18.2 Å². The van der Waals surface area contributed by atoms with E-state index in [0.29, 0.717) is 0 Å². The maximum absolute atomic E-state index is 10.9. The Labute approximate surface area is 97.2 Å². The van der Waals surface area contributed by atoms with Crippen LogP contribution in [0.5, 0.6) is 5.75 Å². The summed E-state index contributed by atoms with van der Waals surface area (Å²) in [4.78, 5) is 32.5. The number of carboxylic acid groups (broad SMARTS) is 1. The highest BCUT2D eigenvalue weighted by molar-refractivity contribution is 5.94. The standard InChI is InChI=1S/C11H11NO5/c1-6(13)12-9-4-3-8(11(15)16)5-10(9)17-7(2)14/h3-5H,1-2H3,(H,12,13)(H,15,16). The van der Waals surface area contributed by atoms with Crippen molar-refractivity contribution in [3.8, 4) is 5.75 Å². The Balaban J connectivity index is 3.15. The van der Waals surface area contributed by atoms with Crippen LogP contribution in [0.25, 0.3) is 0 Å². The Hall–Kier alpha value is -2.37. The lowest BCUT2D eigenvalue weighted by molar-refractivity contribution is -0.131. The fourth-order valence-electron chi connectivity index (χ4n) is 1.19. The highest BCUT2D eigenvalue weighted by Crippen LogP contribution is 2.26. The summed E-state index contributed by atoms with van der Waals surface area (Å²) in [6.45, 7) is 2.48. The Morgan fingerprint density at radius 2 is 1.88 bits per heavy atom. The normalized spacial score (nSPS) is 9.53. The summed E-state index contributed by atoms with van der Waals surface area (Å²) in [6.07, 6.45) is 0. The van der Waals surface area contributed by atoms with Crippen molar-refractivity contribution in [2.75, 3.05) is 5.32 Å². The quantitative estimate of drug-likeness (QED) is 0.610. The molecule has 0 aromatic heterocycles. The van der Waals surface area contributed by atoms with E-state index in [4.69, 9.17) is 9.84 Å². The summed E-state index contributed by atoms with van der Waals surface area (Å²) in [6, 6.07) is 3.85. The van der Waals surface area contributed by atoms with Gasteiger partial charge in [-0.2, -0.15) is 0 Å². The molecule has 0 atom stereocenters. The molecule has 17 heavy (non-hydrogen) atoms. The monoisotopic (exact) mass is 237 g/mol. The van der Waals surface area contributed by atoms with Gasteiger partial charge in [0.2, 0.25) is 5.91 Å². The number of hydrogen-bond acceptors (Lipinski definition) is 4. The van der Waals surface area contributed by atoms with E-state index in [0.717, 1.165) is 0 Å². The molecule has 6 heteroatoms. The van der Waals surface area contributed by atoms with Crippen LogP contribution >= 0.6 is 0 Å². The van der Waals surface area contributed by atoms with Crippen LogP contribution in [0.15, 0.2) is 18.2 Å². The maximum atomic E-state index is 10.9. The van der Waals surface area contributed by atoms with E-state index in [9.17, 15) is 14.4 Å². The SMILES string of the molecule is CC(=O)Nc1ccc(C(=O)O)cc1OC(C)=O. The average molecular weight is 237 g/mol. The van der Waals surface area contributed by atoms with Gasteiger partial charge in [-0.3, -0.25) is 9.59 Å². The lowest BCUT2D eigenvalue weighted by atomic mass is 10.2. The molecule has 90 valence electrons. The van der Waals surface area contributed by atoms with Crippen molar-refractivity contribution in [1.29, 1.82) is 0 Å². The van der Waals surface area contributed by atoms with Gasteiger partial charge >= 0.3 is 11.9 Å². The molecule has 0 unspecified atom stereocenters. The van der Waals surface area contributed by atoms with Crippen molar-refractivity contribution >= 4 is 23.5 Å². The second kappa shape index (κ2) is 5.11. The zero-order chi connectivity index (χ0) is 13.0. The van der Waals surface area contributed by atoms with Gasteiger partial charge in [0.05, 0.1) is 11.3 Å². The largest absolute Gasteiger partial charge is 0.478 e. The maximum Gasteiger partial charge on any atom is 0.335 e. The Morgan fingerprint density at radius 1 is 1.24 bits per heavy atom. The number of anilines is 1. The van der Waals surface area contributed by atoms with Crippen LogP contribution in [0, 0.1) is 0 Å². The minimum Gasteiger partial charge on any atom is -0.478 e. The fraction of sp³-hybridized carbons (Fsp3) is 0.182. The number of ether oxygens (including phenoxy) is 1. The van der Waals surface area contributed by atoms with Gasteiger partial charge in [0.15, 0.2) is 5.75 Å². The highest BCUT2D eigenvalue weighted by Gasteiger charge is 2.12. The van der Waals surface area contributed by atoms with E-state index in [1.807, 2.05) is 0 Å². The fourth-order valence-corrected chi connectivity index (χ4v) is 1.19.